The van der Waals surface area contributed by atoms with Gasteiger partial charge >= 0.3 is 5.97 Å². The molecule has 0 radical (unpaired) electrons. The van der Waals surface area contributed by atoms with Crippen molar-refractivity contribution in [2.75, 3.05) is 5.75 Å². The highest BCUT2D eigenvalue weighted by molar-refractivity contribution is 7.92. The number of carboxylic acids is 1. The van der Waals surface area contributed by atoms with Gasteiger partial charge in [-0.15, -0.1) is 0 Å². The summed E-state index contributed by atoms with van der Waals surface area (Å²) in [5.74, 6) is -2.10. The highest BCUT2D eigenvalue weighted by atomic mass is 32.2. The molecule has 0 spiro atoms. The molecule has 4 nitrogen and oxygen atoms in total. The van der Waals surface area contributed by atoms with E-state index in [1.807, 2.05) is 31.2 Å². The fraction of sp³-hybridized carbons (Fsp3) is 0.533. The molecule has 1 aromatic carbocycles. The molecule has 1 saturated carbocycles. The van der Waals surface area contributed by atoms with Crippen molar-refractivity contribution in [3.05, 3.63) is 35.4 Å². The van der Waals surface area contributed by atoms with E-state index in [1.165, 1.54) is 0 Å². The summed E-state index contributed by atoms with van der Waals surface area (Å²) in [5, 5.41) is 8.23. The Morgan fingerprint density at radius 1 is 1.20 bits per heavy atom. The van der Waals surface area contributed by atoms with Crippen LogP contribution in [-0.2, 0) is 14.6 Å². The molecule has 0 aromatic heterocycles. The van der Waals surface area contributed by atoms with Gasteiger partial charge in [-0.2, -0.15) is 0 Å². The van der Waals surface area contributed by atoms with E-state index in [-0.39, 0.29) is 5.92 Å². The normalized spacial score (nSPS) is 23.4. The maximum Gasteiger partial charge on any atom is 0.318 e. The van der Waals surface area contributed by atoms with Crippen LogP contribution in [0, 0.1) is 6.92 Å². The molecular weight excluding hydrogens is 276 g/mol. The molecule has 1 aliphatic rings. The molecule has 110 valence electrons. The second kappa shape index (κ2) is 5.95. The fourth-order valence-corrected chi connectivity index (χ4v) is 4.88. The number of rotatable bonds is 4. The largest absolute Gasteiger partial charge is 0.480 e. The SMILES string of the molecule is Cc1ccc([C@@H]2CCCC[C@H]2S(=O)(=O)CC(=O)O)cc1. The number of hydrogen-bond donors (Lipinski definition) is 1. The van der Waals surface area contributed by atoms with E-state index in [4.69, 9.17) is 5.11 Å². The summed E-state index contributed by atoms with van der Waals surface area (Å²) in [6, 6.07) is 7.89. The van der Waals surface area contributed by atoms with Crippen LogP contribution in [0.4, 0.5) is 0 Å². The van der Waals surface area contributed by atoms with E-state index < -0.39 is 26.8 Å². The van der Waals surface area contributed by atoms with E-state index >= 15 is 0 Å². The van der Waals surface area contributed by atoms with Crippen LogP contribution in [0.25, 0.3) is 0 Å². The Bertz CT molecular complexity index is 574. The van der Waals surface area contributed by atoms with Crippen LogP contribution < -0.4 is 0 Å². The van der Waals surface area contributed by atoms with Crippen molar-refractivity contribution >= 4 is 15.8 Å². The van der Waals surface area contributed by atoms with Crippen molar-refractivity contribution < 1.29 is 18.3 Å². The summed E-state index contributed by atoms with van der Waals surface area (Å²) < 4.78 is 24.5. The first-order chi connectivity index (χ1) is 9.40. The zero-order chi connectivity index (χ0) is 14.8. The molecule has 2 atom stereocenters. The van der Waals surface area contributed by atoms with E-state index in [1.54, 1.807) is 0 Å². The van der Waals surface area contributed by atoms with Crippen LogP contribution in [0.1, 0.15) is 42.7 Å². The van der Waals surface area contributed by atoms with Crippen molar-refractivity contribution in [3.63, 3.8) is 0 Å². The quantitative estimate of drug-likeness (QED) is 0.926. The number of benzene rings is 1. The molecule has 0 aliphatic heterocycles. The summed E-state index contributed by atoms with van der Waals surface area (Å²) in [4.78, 5) is 10.8. The molecule has 1 aliphatic carbocycles. The van der Waals surface area contributed by atoms with Crippen LogP contribution in [0.3, 0.4) is 0 Å². The molecular formula is C15H20O4S. The summed E-state index contributed by atoms with van der Waals surface area (Å²) >= 11 is 0. The Kier molecular flexibility index (Phi) is 4.48. The number of carbonyl (C=O) groups is 1. The average molecular weight is 296 g/mol. The van der Waals surface area contributed by atoms with Gasteiger partial charge in [-0.3, -0.25) is 4.79 Å². The van der Waals surface area contributed by atoms with E-state index in [0.29, 0.717) is 6.42 Å². The van der Waals surface area contributed by atoms with Crippen LogP contribution in [0.2, 0.25) is 0 Å². The zero-order valence-electron chi connectivity index (χ0n) is 11.6. The molecule has 0 heterocycles. The molecule has 1 fully saturated rings. The number of aryl methyl sites for hydroxylation is 1. The van der Waals surface area contributed by atoms with Crippen molar-refractivity contribution in [2.24, 2.45) is 0 Å². The van der Waals surface area contributed by atoms with Crippen LogP contribution in [-0.4, -0.2) is 30.5 Å². The number of hydrogen-bond acceptors (Lipinski definition) is 3. The minimum atomic E-state index is -3.59. The average Bonchev–Trinajstić information content (AvgIpc) is 2.38. The third-order valence-electron chi connectivity index (χ3n) is 3.99. The molecule has 1 N–H and O–H groups in total. The molecule has 0 bridgehead atoms. The van der Waals surface area contributed by atoms with Gasteiger partial charge in [-0.25, -0.2) is 8.42 Å². The number of sulfone groups is 1. The summed E-state index contributed by atoms with van der Waals surface area (Å²) in [6.45, 7) is 1.99. The lowest BCUT2D eigenvalue weighted by molar-refractivity contribution is -0.134. The topological polar surface area (TPSA) is 71.4 Å². The number of carboxylic acid groups (broad SMARTS) is 1. The van der Waals surface area contributed by atoms with Gasteiger partial charge in [0.05, 0.1) is 5.25 Å². The van der Waals surface area contributed by atoms with Crippen LogP contribution in [0.5, 0.6) is 0 Å². The lowest BCUT2D eigenvalue weighted by atomic mass is 9.83. The van der Waals surface area contributed by atoms with Gasteiger partial charge in [-0.1, -0.05) is 42.7 Å². The maximum atomic E-state index is 12.3. The van der Waals surface area contributed by atoms with Crippen LogP contribution >= 0.6 is 0 Å². The first-order valence-corrected chi connectivity index (χ1v) is 8.61. The van der Waals surface area contributed by atoms with Crippen molar-refractivity contribution in [1.29, 1.82) is 0 Å². The van der Waals surface area contributed by atoms with Gasteiger partial charge in [0.1, 0.15) is 5.75 Å². The van der Waals surface area contributed by atoms with Gasteiger partial charge in [0.25, 0.3) is 0 Å². The van der Waals surface area contributed by atoms with Crippen LogP contribution in [0.15, 0.2) is 24.3 Å². The van der Waals surface area contributed by atoms with E-state index in [9.17, 15) is 13.2 Å². The van der Waals surface area contributed by atoms with Gasteiger partial charge in [0.15, 0.2) is 9.84 Å². The minimum absolute atomic E-state index is 0.0753. The van der Waals surface area contributed by atoms with E-state index in [0.717, 1.165) is 30.4 Å². The highest BCUT2D eigenvalue weighted by Crippen LogP contribution is 2.37. The van der Waals surface area contributed by atoms with Crippen molar-refractivity contribution in [3.8, 4) is 0 Å². The fourth-order valence-electron chi connectivity index (χ4n) is 3.00. The van der Waals surface area contributed by atoms with Crippen molar-refractivity contribution in [1.82, 2.24) is 0 Å². The highest BCUT2D eigenvalue weighted by Gasteiger charge is 2.37. The lowest BCUT2D eigenvalue weighted by Crippen LogP contribution is -2.35. The Hall–Kier alpha value is -1.36. The molecule has 0 amide bonds. The second-order valence-corrected chi connectivity index (χ2v) is 7.76. The Balaban J connectivity index is 2.30. The Morgan fingerprint density at radius 2 is 1.80 bits per heavy atom. The lowest BCUT2D eigenvalue weighted by Gasteiger charge is -2.31. The Morgan fingerprint density at radius 3 is 2.40 bits per heavy atom. The first-order valence-electron chi connectivity index (χ1n) is 6.90. The molecule has 0 saturated heterocycles. The summed E-state index contributed by atoms with van der Waals surface area (Å²) in [6.07, 6.45) is 3.23. The molecule has 5 heteroatoms. The molecule has 2 rings (SSSR count). The van der Waals surface area contributed by atoms with Gasteiger partial charge in [0, 0.05) is 5.92 Å². The molecule has 20 heavy (non-hydrogen) atoms. The predicted octanol–water partition coefficient (Wildman–Crippen LogP) is 2.52. The summed E-state index contributed by atoms with van der Waals surface area (Å²) in [5.41, 5.74) is 2.14. The molecule has 1 aromatic rings. The summed E-state index contributed by atoms with van der Waals surface area (Å²) in [7, 11) is -3.59. The second-order valence-electron chi connectivity index (χ2n) is 5.54. The smallest absolute Gasteiger partial charge is 0.318 e. The van der Waals surface area contributed by atoms with Gasteiger partial charge in [-0.05, 0) is 25.3 Å². The number of aliphatic carboxylic acids is 1. The Labute approximate surface area is 119 Å². The monoisotopic (exact) mass is 296 g/mol. The van der Waals surface area contributed by atoms with E-state index in [2.05, 4.69) is 0 Å². The zero-order valence-corrected chi connectivity index (χ0v) is 12.4. The maximum absolute atomic E-state index is 12.3. The standard InChI is InChI=1S/C15H20O4S/c1-11-6-8-12(9-7-11)13-4-2-3-5-14(13)20(18,19)10-15(16)17/h6-9,13-14H,2-5,10H2,1H3,(H,16,17)/t13-,14+/m0/s1. The van der Waals surface area contributed by atoms with Crippen molar-refractivity contribution in [2.45, 2.75) is 43.8 Å². The predicted molar refractivity (Wildman–Crippen MR) is 77.6 cm³/mol. The van der Waals surface area contributed by atoms with Gasteiger partial charge < -0.3 is 5.11 Å². The third-order valence-corrected chi connectivity index (χ3v) is 6.13. The van der Waals surface area contributed by atoms with Gasteiger partial charge in [0.2, 0.25) is 0 Å². The first kappa shape index (κ1) is 15.0. The molecule has 0 unspecified atom stereocenters. The minimum Gasteiger partial charge on any atom is -0.480 e. The third kappa shape index (κ3) is 3.39.